The van der Waals surface area contributed by atoms with Gasteiger partial charge in [-0.1, -0.05) is 6.07 Å². The zero-order valence-electron chi connectivity index (χ0n) is 18.6. The lowest BCUT2D eigenvalue weighted by atomic mass is 9.84. The molecule has 2 aliphatic heterocycles. The van der Waals surface area contributed by atoms with Gasteiger partial charge in [-0.05, 0) is 73.8 Å². The van der Waals surface area contributed by atoms with Crippen molar-refractivity contribution >= 4 is 11.8 Å². The van der Waals surface area contributed by atoms with Crippen molar-refractivity contribution in [3.8, 4) is 0 Å². The van der Waals surface area contributed by atoms with Crippen LogP contribution in [0, 0.1) is 37.3 Å². The molecule has 0 bridgehead atoms. The molecule has 5 nitrogen and oxygen atoms in total. The molecule has 2 amide bonds. The van der Waals surface area contributed by atoms with E-state index in [0.29, 0.717) is 32.0 Å². The predicted molar refractivity (Wildman–Crippen MR) is 117 cm³/mol. The number of halogens is 2. The van der Waals surface area contributed by atoms with E-state index >= 15 is 0 Å². The highest BCUT2D eigenvalue weighted by Crippen LogP contribution is 2.32. The molecule has 3 heterocycles. The smallest absolute Gasteiger partial charge is 0.256 e. The fraction of sp³-hybridized carbons (Fsp3) is 0.480. The normalized spacial score (nSPS) is 21.1. The van der Waals surface area contributed by atoms with Crippen molar-refractivity contribution in [3.05, 3.63) is 64.5 Å². The molecule has 32 heavy (non-hydrogen) atoms. The molecule has 0 aliphatic carbocycles. The largest absolute Gasteiger partial charge is 0.342 e. The molecule has 0 saturated carbocycles. The molecule has 7 heteroatoms. The number of nitrogens with zero attached hydrogens (tertiary/aromatic N) is 3. The van der Waals surface area contributed by atoms with E-state index in [4.69, 9.17) is 0 Å². The van der Waals surface area contributed by atoms with Crippen molar-refractivity contribution in [2.24, 2.45) is 11.8 Å². The molecule has 1 aromatic heterocycles. The topological polar surface area (TPSA) is 53.5 Å². The molecule has 1 aromatic carbocycles. The minimum Gasteiger partial charge on any atom is -0.342 e. The van der Waals surface area contributed by atoms with Gasteiger partial charge in [-0.3, -0.25) is 14.6 Å². The van der Waals surface area contributed by atoms with Gasteiger partial charge in [-0.15, -0.1) is 0 Å². The Morgan fingerprint density at radius 3 is 2.50 bits per heavy atom. The number of carbonyl (C=O) groups excluding carboxylic acids is 2. The molecule has 2 unspecified atom stereocenters. The number of aryl methyl sites for hydroxylation is 2. The second-order valence-corrected chi connectivity index (χ2v) is 9.17. The van der Waals surface area contributed by atoms with E-state index in [0.717, 1.165) is 49.1 Å². The van der Waals surface area contributed by atoms with Crippen LogP contribution in [0.2, 0.25) is 0 Å². The summed E-state index contributed by atoms with van der Waals surface area (Å²) in [5, 5.41) is 0. The fourth-order valence-corrected chi connectivity index (χ4v) is 4.96. The van der Waals surface area contributed by atoms with Crippen molar-refractivity contribution < 1.29 is 18.4 Å². The number of benzene rings is 1. The molecule has 2 aliphatic rings. The van der Waals surface area contributed by atoms with Gasteiger partial charge in [-0.2, -0.15) is 0 Å². The van der Waals surface area contributed by atoms with E-state index in [2.05, 4.69) is 4.98 Å². The lowest BCUT2D eigenvalue weighted by Gasteiger charge is -2.36. The Kier molecular flexibility index (Phi) is 6.53. The second-order valence-electron chi connectivity index (χ2n) is 9.17. The molecule has 2 atom stereocenters. The predicted octanol–water partition coefficient (Wildman–Crippen LogP) is 3.92. The number of piperidine rings is 1. The monoisotopic (exact) mass is 441 g/mol. The van der Waals surface area contributed by atoms with Gasteiger partial charge >= 0.3 is 0 Å². The summed E-state index contributed by atoms with van der Waals surface area (Å²) in [5.41, 5.74) is 1.93. The molecule has 0 spiro atoms. The summed E-state index contributed by atoms with van der Waals surface area (Å²) in [4.78, 5) is 33.4. The van der Waals surface area contributed by atoms with Gasteiger partial charge in [0.25, 0.3) is 5.91 Å². The van der Waals surface area contributed by atoms with Crippen LogP contribution in [0.1, 0.15) is 46.3 Å². The van der Waals surface area contributed by atoms with Crippen LogP contribution in [-0.2, 0) is 11.2 Å². The van der Waals surface area contributed by atoms with E-state index in [1.165, 1.54) is 6.92 Å². The first-order valence-corrected chi connectivity index (χ1v) is 11.2. The van der Waals surface area contributed by atoms with Gasteiger partial charge in [0.05, 0.1) is 12.0 Å². The van der Waals surface area contributed by atoms with E-state index < -0.39 is 17.5 Å². The van der Waals surface area contributed by atoms with E-state index in [1.54, 1.807) is 17.3 Å². The SMILES string of the molecule is Cc1cncc(CC(=O)N2CCCC(C3CCN(C(=O)c4cc(F)c(C)cc4F)C3)C2)c1. The summed E-state index contributed by atoms with van der Waals surface area (Å²) in [6.45, 7) is 5.91. The Morgan fingerprint density at radius 1 is 0.969 bits per heavy atom. The van der Waals surface area contributed by atoms with Crippen LogP contribution in [0.25, 0.3) is 0 Å². The average molecular weight is 442 g/mol. The van der Waals surface area contributed by atoms with Crippen LogP contribution in [0.5, 0.6) is 0 Å². The van der Waals surface area contributed by atoms with E-state index in [1.807, 2.05) is 17.9 Å². The van der Waals surface area contributed by atoms with Gasteiger partial charge in [-0.25, -0.2) is 8.78 Å². The van der Waals surface area contributed by atoms with Crippen molar-refractivity contribution in [1.82, 2.24) is 14.8 Å². The average Bonchev–Trinajstić information content (AvgIpc) is 3.26. The third kappa shape index (κ3) is 4.81. The van der Waals surface area contributed by atoms with Crippen LogP contribution in [0.15, 0.2) is 30.6 Å². The molecule has 0 radical (unpaired) electrons. The molecular weight excluding hydrogens is 412 g/mol. The third-order valence-corrected chi connectivity index (χ3v) is 6.75. The Labute approximate surface area is 187 Å². The minimum atomic E-state index is -0.683. The number of amides is 2. The standard InChI is InChI=1S/C25H29F2N3O2/c1-16-8-18(13-28-12-16)10-24(31)29-6-3-4-19(14-29)20-5-7-30(15-20)25(32)21-11-22(26)17(2)9-23(21)27/h8-9,11-13,19-20H,3-7,10,14-15H2,1-2H3. The van der Waals surface area contributed by atoms with Crippen LogP contribution in [-0.4, -0.2) is 52.8 Å². The quantitative estimate of drug-likeness (QED) is 0.723. The van der Waals surface area contributed by atoms with E-state index in [9.17, 15) is 18.4 Å². The molecule has 2 saturated heterocycles. The molecule has 2 fully saturated rings. The maximum absolute atomic E-state index is 14.3. The molecule has 170 valence electrons. The van der Waals surface area contributed by atoms with Crippen molar-refractivity contribution in [1.29, 1.82) is 0 Å². The molecule has 2 aromatic rings. The number of likely N-dealkylation sites (tertiary alicyclic amines) is 2. The Hall–Kier alpha value is -2.83. The van der Waals surface area contributed by atoms with Crippen LogP contribution in [0.4, 0.5) is 8.78 Å². The molecular formula is C25H29F2N3O2. The molecule has 4 rings (SSSR count). The summed E-state index contributed by atoms with van der Waals surface area (Å²) >= 11 is 0. The van der Waals surface area contributed by atoms with Crippen molar-refractivity contribution in [2.75, 3.05) is 26.2 Å². The summed E-state index contributed by atoms with van der Waals surface area (Å²) < 4.78 is 28.2. The first-order chi connectivity index (χ1) is 15.3. The fourth-order valence-electron chi connectivity index (χ4n) is 4.96. The number of pyridine rings is 1. The maximum atomic E-state index is 14.3. The Morgan fingerprint density at radius 2 is 1.72 bits per heavy atom. The molecule has 0 N–H and O–H groups in total. The van der Waals surface area contributed by atoms with Gasteiger partial charge in [0, 0.05) is 38.6 Å². The zero-order valence-corrected chi connectivity index (χ0v) is 18.6. The number of carbonyl (C=O) groups is 2. The first kappa shape index (κ1) is 22.4. The van der Waals surface area contributed by atoms with Gasteiger partial charge in [0.2, 0.25) is 5.91 Å². The minimum absolute atomic E-state index is 0.102. The number of aromatic nitrogens is 1. The Balaban J connectivity index is 1.37. The van der Waals surface area contributed by atoms with E-state index in [-0.39, 0.29) is 23.0 Å². The van der Waals surface area contributed by atoms with Crippen LogP contribution < -0.4 is 0 Å². The summed E-state index contributed by atoms with van der Waals surface area (Å²) in [6, 6.07) is 4.06. The highest BCUT2D eigenvalue weighted by atomic mass is 19.1. The van der Waals surface area contributed by atoms with Crippen molar-refractivity contribution in [3.63, 3.8) is 0 Å². The lowest BCUT2D eigenvalue weighted by Crippen LogP contribution is -2.43. The number of rotatable bonds is 4. The Bertz CT molecular complexity index is 1030. The highest BCUT2D eigenvalue weighted by Gasteiger charge is 2.36. The number of hydrogen-bond donors (Lipinski definition) is 0. The third-order valence-electron chi connectivity index (χ3n) is 6.75. The second kappa shape index (κ2) is 9.35. The van der Waals surface area contributed by atoms with Gasteiger partial charge in [0.1, 0.15) is 11.6 Å². The number of hydrogen-bond acceptors (Lipinski definition) is 3. The van der Waals surface area contributed by atoms with Crippen LogP contribution in [0.3, 0.4) is 0 Å². The van der Waals surface area contributed by atoms with Gasteiger partial charge in [0.15, 0.2) is 0 Å². The highest BCUT2D eigenvalue weighted by molar-refractivity contribution is 5.94. The van der Waals surface area contributed by atoms with Crippen molar-refractivity contribution in [2.45, 2.75) is 39.5 Å². The first-order valence-electron chi connectivity index (χ1n) is 11.2. The van der Waals surface area contributed by atoms with Crippen LogP contribution >= 0.6 is 0 Å². The summed E-state index contributed by atoms with van der Waals surface area (Å²) in [7, 11) is 0. The summed E-state index contributed by atoms with van der Waals surface area (Å²) in [6.07, 6.45) is 6.61. The van der Waals surface area contributed by atoms with Gasteiger partial charge < -0.3 is 9.80 Å². The zero-order chi connectivity index (χ0) is 22.8. The summed E-state index contributed by atoms with van der Waals surface area (Å²) in [5.74, 6) is -1.05. The lowest BCUT2D eigenvalue weighted by molar-refractivity contribution is -0.132. The maximum Gasteiger partial charge on any atom is 0.256 e.